The lowest BCUT2D eigenvalue weighted by Crippen LogP contribution is -2.19. The third kappa shape index (κ3) is 4.96. The number of carbonyl (C=O) groups excluding carboxylic acids is 1. The molecular weight excluding hydrogens is 268 g/mol. The Labute approximate surface area is 126 Å². The molecule has 1 rings (SSSR count). The van der Waals surface area contributed by atoms with E-state index in [9.17, 15) is 15.0 Å². The molecule has 0 amide bonds. The molecule has 0 atom stereocenters. The third-order valence-corrected chi connectivity index (χ3v) is 3.68. The fraction of sp³-hybridized carbons (Fsp3) is 0.588. The standard InChI is InChI=1S/C17H26O4/c1-5-6-7-8-9-17(3,4)14-10-13(19)11-15(20)16(14)21-12(2)18/h10-11,19-20H,5-9H2,1-4H3. The van der Waals surface area contributed by atoms with E-state index >= 15 is 0 Å². The number of phenolic OH excluding ortho intramolecular Hbond substituents is 2. The van der Waals surface area contributed by atoms with Gasteiger partial charge in [-0.3, -0.25) is 4.79 Å². The Morgan fingerprint density at radius 1 is 1.19 bits per heavy atom. The second kappa shape index (κ2) is 7.34. The van der Waals surface area contributed by atoms with Crippen LogP contribution in [-0.2, 0) is 10.2 Å². The highest BCUT2D eigenvalue weighted by Crippen LogP contribution is 2.43. The van der Waals surface area contributed by atoms with E-state index in [0.29, 0.717) is 5.56 Å². The van der Waals surface area contributed by atoms with Crippen LogP contribution in [0.3, 0.4) is 0 Å². The van der Waals surface area contributed by atoms with E-state index in [4.69, 9.17) is 4.74 Å². The first-order valence-corrected chi connectivity index (χ1v) is 7.52. The van der Waals surface area contributed by atoms with Gasteiger partial charge in [0, 0.05) is 18.6 Å². The first-order valence-electron chi connectivity index (χ1n) is 7.52. The van der Waals surface area contributed by atoms with Crippen molar-refractivity contribution >= 4 is 5.97 Å². The van der Waals surface area contributed by atoms with Crippen molar-refractivity contribution in [2.75, 3.05) is 0 Å². The Hall–Kier alpha value is -1.71. The zero-order chi connectivity index (χ0) is 16.0. The lowest BCUT2D eigenvalue weighted by Gasteiger charge is -2.27. The molecule has 0 aromatic heterocycles. The summed E-state index contributed by atoms with van der Waals surface area (Å²) in [4.78, 5) is 11.2. The molecule has 0 radical (unpaired) electrons. The molecule has 1 aromatic carbocycles. The number of phenols is 2. The molecule has 0 heterocycles. The van der Waals surface area contributed by atoms with Crippen LogP contribution in [0.25, 0.3) is 0 Å². The van der Waals surface area contributed by atoms with Crippen molar-refractivity contribution in [3.8, 4) is 17.2 Å². The minimum Gasteiger partial charge on any atom is -0.508 e. The second-order valence-electron chi connectivity index (χ2n) is 6.13. The van der Waals surface area contributed by atoms with Crippen molar-refractivity contribution in [3.63, 3.8) is 0 Å². The summed E-state index contributed by atoms with van der Waals surface area (Å²) in [5.41, 5.74) is 0.362. The van der Waals surface area contributed by atoms with Gasteiger partial charge >= 0.3 is 5.97 Å². The maximum Gasteiger partial charge on any atom is 0.308 e. The zero-order valence-electron chi connectivity index (χ0n) is 13.4. The van der Waals surface area contributed by atoms with Crippen molar-refractivity contribution in [2.24, 2.45) is 0 Å². The monoisotopic (exact) mass is 294 g/mol. The summed E-state index contributed by atoms with van der Waals surface area (Å²) in [6.45, 7) is 7.52. The van der Waals surface area contributed by atoms with Crippen LogP contribution in [0.1, 0.15) is 65.4 Å². The molecule has 2 N–H and O–H groups in total. The van der Waals surface area contributed by atoms with Gasteiger partial charge in [0.1, 0.15) is 5.75 Å². The molecular formula is C17H26O4. The molecule has 0 bridgehead atoms. The number of ether oxygens (including phenoxy) is 1. The predicted octanol–water partition coefficient (Wildman–Crippen LogP) is 4.27. The molecule has 1 aromatic rings. The van der Waals surface area contributed by atoms with Crippen LogP contribution in [0.2, 0.25) is 0 Å². The fourth-order valence-corrected chi connectivity index (χ4v) is 2.48. The van der Waals surface area contributed by atoms with Gasteiger partial charge in [-0.25, -0.2) is 0 Å². The SMILES string of the molecule is CCCCCCC(C)(C)c1cc(O)cc(O)c1OC(C)=O. The van der Waals surface area contributed by atoms with Crippen LogP contribution in [0.5, 0.6) is 17.2 Å². The Bertz CT molecular complexity index is 492. The van der Waals surface area contributed by atoms with E-state index in [1.54, 1.807) is 6.07 Å². The van der Waals surface area contributed by atoms with Gasteiger partial charge in [-0.15, -0.1) is 0 Å². The Balaban J connectivity index is 3.04. The normalized spacial score (nSPS) is 11.4. The number of rotatable bonds is 7. The van der Waals surface area contributed by atoms with Crippen molar-refractivity contribution < 1.29 is 19.7 Å². The van der Waals surface area contributed by atoms with Crippen LogP contribution in [-0.4, -0.2) is 16.2 Å². The first-order chi connectivity index (χ1) is 9.77. The third-order valence-electron chi connectivity index (χ3n) is 3.68. The number of benzene rings is 1. The van der Waals surface area contributed by atoms with Crippen molar-refractivity contribution in [1.82, 2.24) is 0 Å². The highest BCUT2D eigenvalue weighted by molar-refractivity contribution is 5.72. The van der Waals surface area contributed by atoms with Gasteiger partial charge in [0.15, 0.2) is 11.5 Å². The smallest absolute Gasteiger partial charge is 0.308 e. The lowest BCUT2D eigenvalue weighted by molar-refractivity contribution is -0.132. The maximum absolute atomic E-state index is 11.2. The molecule has 0 saturated heterocycles. The zero-order valence-corrected chi connectivity index (χ0v) is 13.4. The number of unbranched alkanes of at least 4 members (excludes halogenated alkanes) is 3. The quantitative estimate of drug-likeness (QED) is 0.447. The van der Waals surface area contributed by atoms with E-state index in [-0.39, 0.29) is 22.7 Å². The van der Waals surface area contributed by atoms with Crippen LogP contribution >= 0.6 is 0 Å². The van der Waals surface area contributed by atoms with Crippen LogP contribution in [0.4, 0.5) is 0 Å². The van der Waals surface area contributed by atoms with Crippen molar-refractivity contribution in [1.29, 1.82) is 0 Å². The highest BCUT2D eigenvalue weighted by Gasteiger charge is 2.27. The average molecular weight is 294 g/mol. The first kappa shape index (κ1) is 17.3. The van der Waals surface area contributed by atoms with Gasteiger partial charge < -0.3 is 14.9 Å². The molecule has 4 heteroatoms. The van der Waals surface area contributed by atoms with Crippen LogP contribution < -0.4 is 4.74 Å². The van der Waals surface area contributed by atoms with E-state index in [2.05, 4.69) is 6.92 Å². The summed E-state index contributed by atoms with van der Waals surface area (Å²) in [6.07, 6.45) is 5.46. The topological polar surface area (TPSA) is 66.8 Å². The highest BCUT2D eigenvalue weighted by atomic mass is 16.5. The Kier molecular flexibility index (Phi) is 6.06. The van der Waals surface area contributed by atoms with Gasteiger partial charge in [0.2, 0.25) is 0 Å². The fourth-order valence-electron chi connectivity index (χ4n) is 2.48. The number of esters is 1. The second-order valence-corrected chi connectivity index (χ2v) is 6.13. The lowest BCUT2D eigenvalue weighted by atomic mass is 9.79. The van der Waals surface area contributed by atoms with Gasteiger partial charge in [-0.05, 0) is 17.9 Å². The average Bonchev–Trinajstić information content (AvgIpc) is 2.37. The molecule has 0 fully saturated rings. The van der Waals surface area contributed by atoms with Gasteiger partial charge in [0.05, 0.1) is 0 Å². The molecule has 21 heavy (non-hydrogen) atoms. The summed E-state index contributed by atoms with van der Waals surface area (Å²) in [6, 6.07) is 2.76. The largest absolute Gasteiger partial charge is 0.508 e. The molecule has 0 unspecified atom stereocenters. The number of aromatic hydroxyl groups is 2. The summed E-state index contributed by atoms with van der Waals surface area (Å²) in [5, 5.41) is 19.7. The number of hydrogen-bond acceptors (Lipinski definition) is 4. The number of hydrogen-bond donors (Lipinski definition) is 2. The van der Waals surface area contributed by atoms with E-state index in [1.165, 1.54) is 25.8 Å². The van der Waals surface area contributed by atoms with Gasteiger partial charge in [-0.2, -0.15) is 0 Å². The van der Waals surface area contributed by atoms with Crippen molar-refractivity contribution in [2.45, 2.75) is 65.2 Å². The molecule has 4 nitrogen and oxygen atoms in total. The minimum atomic E-state index is -0.487. The van der Waals surface area contributed by atoms with Gasteiger partial charge in [-0.1, -0.05) is 46.5 Å². The molecule has 0 aliphatic rings. The minimum absolute atomic E-state index is 0.0277. The number of carbonyl (C=O) groups is 1. The van der Waals surface area contributed by atoms with Crippen molar-refractivity contribution in [3.05, 3.63) is 17.7 Å². The van der Waals surface area contributed by atoms with E-state index in [1.807, 2.05) is 13.8 Å². The predicted molar refractivity (Wildman–Crippen MR) is 82.9 cm³/mol. The molecule has 0 saturated carbocycles. The molecule has 118 valence electrons. The molecule has 0 spiro atoms. The molecule has 0 aliphatic carbocycles. The van der Waals surface area contributed by atoms with E-state index < -0.39 is 5.97 Å². The maximum atomic E-state index is 11.2. The Morgan fingerprint density at radius 2 is 1.86 bits per heavy atom. The van der Waals surface area contributed by atoms with Crippen LogP contribution in [0, 0.1) is 0 Å². The Morgan fingerprint density at radius 3 is 2.43 bits per heavy atom. The van der Waals surface area contributed by atoms with Gasteiger partial charge in [0.25, 0.3) is 0 Å². The summed E-state index contributed by atoms with van der Waals surface area (Å²) >= 11 is 0. The summed E-state index contributed by atoms with van der Waals surface area (Å²) < 4.78 is 5.14. The van der Waals surface area contributed by atoms with Crippen LogP contribution in [0.15, 0.2) is 12.1 Å². The summed E-state index contributed by atoms with van der Waals surface area (Å²) in [7, 11) is 0. The molecule has 0 aliphatic heterocycles. The summed E-state index contributed by atoms with van der Waals surface area (Å²) in [5.74, 6) is -0.568. The van der Waals surface area contributed by atoms with E-state index in [0.717, 1.165) is 19.3 Å².